The van der Waals surface area contributed by atoms with Crippen LogP contribution < -0.4 is 0 Å². The number of aryl methyl sites for hydroxylation is 1. The Hall–Kier alpha value is -2.42. The van der Waals surface area contributed by atoms with Gasteiger partial charge in [0.05, 0.1) is 0 Å². The van der Waals surface area contributed by atoms with E-state index in [9.17, 15) is 0 Å². The lowest BCUT2D eigenvalue weighted by molar-refractivity contribution is 0.576. The molecule has 0 N–H and O–H groups in total. The Labute approximate surface area is 210 Å². The highest BCUT2D eigenvalue weighted by Crippen LogP contribution is 2.37. The third kappa shape index (κ3) is 4.23. The second-order valence-corrected chi connectivity index (χ2v) is 11.9. The highest BCUT2D eigenvalue weighted by atomic mass is 32.1. The smallest absolute Gasteiger partial charge is 0.0352 e. The molecule has 0 aliphatic rings. The Morgan fingerprint density at radius 3 is 1.91 bits per heavy atom. The van der Waals surface area contributed by atoms with Crippen LogP contribution in [0.5, 0.6) is 0 Å². The minimum absolute atomic E-state index is 1.23. The molecule has 0 nitrogen and oxygen atoms in total. The van der Waals surface area contributed by atoms with Gasteiger partial charge in [-0.25, -0.2) is 0 Å². The van der Waals surface area contributed by atoms with Gasteiger partial charge in [-0.2, -0.15) is 0 Å². The number of hydrogen-bond donors (Lipinski definition) is 0. The second kappa shape index (κ2) is 9.68. The maximum atomic E-state index is 2.45. The van der Waals surface area contributed by atoms with E-state index < -0.39 is 0 Å². The van der Waals surface area contributed by atoms with Crippen LogP contribution in [0.3, 0.4) is 0 Å². The minimum atomic E-state index is 1.23. The molecule has 2 heterocycles. The van der Waals surface area contributed by atoms with E-state index in [1.807, 2.05) is 22.7 Å². The van der Waals surface area contributed by atoms with Gasteiger partial charge >= 0.3 is 0 Å². The highest BCUT2D eigenvalue weighted by Gasteiger charge is 2.10. The van der Waals surface area contributed by atoms with Crippen molar-refractivity contribution >= 4 is 75.2 Å². The van der Waals surface area contributed by atoms with Crippen LogP contribution in [0.4, 0.5) is 0 Å². The monoisotopic (exact) mass is 480 g/mol. The average molecular weight is 481 g/mol. The van der Waals surface area contributed by atoms with E-state index in [1.165, 1.54) is 110 Å². The maximum absolute atomic E-state index is 2.45. The molecule has 34 heavy (non-hydrogen) atoms. The third-order valence-corrected chi connectivity index (χ3v) is 9.41. The van der Waals surface area contributed by atoms with Crippen molar-refractivity contribution in [3.8, 4) is 0 Å². The van der Waals surface area contributed by atoms with Crippen LogP contribution in [-0.4, -0.2) is 0 Å². The van der Waals surface area contributed by atoms with Crippen molar-refractivity contribution in [1.29, 1.82) is 0 Å². The first-order valence-electron chi connectivity index (χ1n) is 13.0. The van der Waals surface area contributed by atoms with Gasteiger partial charge < -0.3 is 0 Å². The number of hydrogen-bond acceptors (Lipinski definition) is 2. The Bertz CT molecular complexity index is 1600. The summed E-state index contributed by atoms with van der Waals surface area (Å²) in [4.78, 5) is 1.55. The summed E-state index contributed by atoms with van der Waals surface area (Å²) in [6.07, 6.45) is 12.3. The van der Waals surface area contributed by atoms with Gasteiger partial charge in [-0.15, -0.1) is 22.7 Å². The molecule has 2 heteroatoms. The molecule has 0 fully saturated rings. The van der Waals surface area contributed by atoms with E-state index >= 15 is 0 Å². The van der Waals surface area contributed by atoms with Crippen molar-refractivity contribution in [3.05, 3.63) is 70.9 Å². The van der Waals surface area contributed by atoms with E-state index in [4.69, 9.17) is 0 Å². The lowest BCUT2D eigenvalue weighted by atomic mass is 9.96. The molecule has 0 aliphatic heterocycles. The zero-order valence-electron chi connectivity index (χ0n) is 20.0. The summed E-state index contributed by atoms with van der Waals surface area (Å²) < 4.78 is 2.80. The molecule has 172 valence electrons. The minimum Gasteiger partial charge on any atom is -0.144 e. The molecule has 4 aromatic carbocycles. The Morgan fingerprint density at radius 2 is 1.18 bits per heavy atom. The van der Waals surface area contributed by atoms with Gasteiger partial charge in [0.25, 0.3) is 0 Å². The molecule has 0 radical (unpaired) electrons. The zero-order valence-corrected chi connectivity index (χ0v) is 21.7. The standard InChI is InChI=1S/C32H32S2/c1-2-3-4-5-6-7-8-9-10-26-17-25-19-30-23(21-32(25)34-26)12-14-27-28(30)13-11-22-20-31-24(15-16-33-31)18-29(22)27/h11-21H,2-10H2,1H3. The highest BCUT2D eigenvalue weighted by molar-refractivity contribution is 7.19. The first-order valence-corrected chi connectivity index (χ1v) is 14.7. The lowest BCUT2D eigenvalue weighted by Crippen LogP contribution is -1.83. The molecule has 0 amide bonds. The van der Waals surface area contributed by atoms with Crippen LogP contribution in [0.2, 0.25) is 0 Å². The fraction of sp³-hybridized carbons (Fsp3) is 0.312. The van der Waals surface area contributed by atoms with Crippen LogP contribution in [-0.2, 0) is 6.42 Å². The number of fused-ring (bicyclic) bond motifs is 7. The van der Waals surface area contributed by atoms with Gasteiger partial charge in [0.1, 0.15) is 0 Å². The average Bonchev–Trinajstić information content (AvgIpc) is 3.48. The molecule has 0 saturated carbocycles. The predicted molar refractivity (Wildman–Crippen MR) is 156 cm³/mol. The van der Waals surface area contributed by atoms with Crippen LogP contribution >= 0.6 is 22.7 Å². The zero-order chi connectivity index (χ0) is 22.9. The summed E-state index contributed by atoms with van der Waals surface area (Å²) in [6.45, 7) is 2.29. The second-order valence-electron chi connectivity index (χ2n) is 9.81. The Kier molecular flexibility index (Phi) is 6.28. The summed E-state index contributed by atoms with van der Waals surface area (Å²) in [7, 11) is 0. The third-order valence-electron chi connectivity index (χ3n) is 7.37. The fourth-order valence-electron chi connectivity index (χ4n) is 5.48. The van der Waals surface area contributed by atoms with Crippen LogP contribution in [0.15, 0.2) is 66.0 Å². The van der Waals surface area contributed by atoms with Gasteiger partial charge in [-0.1, -0.05) is 76.1 Å². The van der Waals surface area contributed by atoms with Gasteiger partial charge in [0.15, 0.2) is 0 Å². The molecule has 0 saturated heterocycles. The van der Waals surface area contributed by atoms with E-state index in [-0.39, 0.29) is 0 Å². The van der Waals surface area contributed by atoms with Crippen LogP contribution in [0, 0.1) is 0 Å². The van der Waals surface area contributed by atoms with Crippen molar-refractivity contribution in [2.75, 3.05) is 0 Å². The Balaban J connectivity index is 1.27. The van der Waals surface area contributed by atoms with Crippen molar-refractivity contribution in [3.63, 3.8) is 0 Å². The van der Waals surface area contributed by atoms with Gasteiger partial charge in [0.2, 0.25) is 0 Å². The maximum Gasteiger partial charge on any atom is 0.0352 e. The van der Waals surface area contributed by atoms with E-state index in [0.29, 0.717) is 0 Å². The van der Waals surface area contributed by atoms with Crippen LogP contribution in [0.25, 0.3) is 52.5 Å². The number of rotatable bonds is 9. The summed E-state index contributed by atoms with van der Waals surface area (Å²) >= 11 is 3.83. The molecule has 6 aromatic rings. The van der Waals surface area contributed by atoms with E-state index in [1.54, 1.807) is 4.88 Å². The SMILES string of the molecule is CCCCCCCCCCc1cc2cc3c(ccc4c5cc6ccsc6cc5ccc34)cc2s1. The molecule has 0 atom stereocenters. The first-order chi connectivity index (χ1) is 16.8. The summed E-state index contributed by atoms with van der Waals surface area (Å²) in [6, 6.07) is 23.6. The van der Waals surface area contributed by atoms with Crippen LogP contribution in [0.1, 0.15) is 63.2 Å². The van der Waals surface area contributed by atoms with Gasteiger partial charge in [0, 0.05) is 14.3 Å². The summed E-state index contributed by atoms with van der Waals surface area (Å²) in [5.74, 6) is 0. The van der Waals surface area contributed by atoms with E-state index in [2.05, 4.69) is 73.0 Å². The van der Waals surface area contributed by atoms with Crippen molar-refractivity contribution < 1.29 is 0 Å². The van der Waals surface area contributed by atoms with E-state index in [0.717, 1.165) is 0 Å². The van der Waals surface area contributed by atoms with Crippen molar-refractivity contribution in [2.24, 2.45) is 0 Å². The van der Waals surface area contributed by atoms with Gasteiger partial charge in [-0.05, 0) is 97.7 Å². The topological polar surface area (TPSA) is 0 Å². The molecular weight excluding hydrogens is 448 g/mol. The molecule has 6 rings (SSSR count). The number of benzene rings is 4. The Morgan fingerprint density at radius 1 is 0.529 bits per heavy atom. The molecule has 0 aliphatic carbocycles. The molecular formula is C32H32S2. The fourth-order valence-corrected chi connectivity index (χ4v) is 7.43. The quantitative estimate of drug-likeness (QED) is 0.142. The van der Waals surface area contributed by atoms with Crippen molar-refractivity contribution in [1.82, 2.24) is 0 Å². The molecule has 0 bridgehead atoms. The molecule has 0 spiro atoms. The largest absolute Gasteiger partial charge is 0.144 e. The lowest BCUT2D eigenvalue weighted by Gasteiger charge is -2.08. The van der Waals surface area contributed by atoms with Crippen molar-refractivity contribution in [2.45, 2.75) is 64.7 Å². The molecule has 2 aromatic heterocycles. The molecule has 0 unspecified atom stereocenters. The number of thiophene rings is 2. The summed E-state index contributed by atoms with van der Waals surface area (Å²) in [5.41, 5.74) is 0. The van der Waals surface area contributed by atoms with Gasteiger partial charge in [-0.3, -0.25) is 0 Å². The first kappa shape index (κ1) is 22.1. The normalized spacial score (nSPS) is 12.1. The summed E-state index contributed by atoms with van der Waals surface area (Å²) in [5, 5.41) is 13.1. The predicted octanol–water partition coefficient (Wildman–Crippen LogP) is 11.3. The number of unbranched alkanes of at least 4 members (excludes halogenated alkanes) is 7.